The SMILES string of the molecule is CC(C)CNCCCNCCSc1ccccc1. The molecule has 1 aromatic carbocycles. The van der Waals surface area contributed by atoms with Crippen molar-refractivity contribution in [1.82, 2.24) is 10.6 Å². The average molecular weight is 266 g/mol. The van der Waals surface area contributed by atoms with Gasteiger partial charge < -0.3 is 10.6 Å². The Morgan fingerprint density at radius 3 is 2.44 bits per heavy atom. The van der Waals surface area contributed by atoms with E-state index in [1.54, 1.807) is 0 Å². The van der Waals surface area contributed by atoms with Crippen LogP contribution in [0.25, 0.3) is 0 Å². The summed E-state index contributed by atoms with van der Waals surface area (Å²) in [4.78, 5) is 1.36. The summed E-state index contributed by atoms with van der Waals surface area (Å²) >= 11 is 1.91. The quantitative estimate of drug-likeness (QED) is 0.503. The Bertz CT molecular complexity index is 288. The molecule has 1 aromatic rings. The fourth-order valence-corrected chi connectivity index (χ4v) is 2.44. The molecule has 0 aromatic heterocycles. The second kappa shape index (κ2) is 10.4. The van der Waals surface area contributed by atoms with Crippen molar-refractivity contribution in [3.8, 4) is 0 Å². The zero-order chi connectivity index (χ0) is 13.1. The summed E-state index contributed by atoms with van der Waals surface area (Å²) in [6.45, 7) is 8.93. The van der Waals surface area contributed by atoms with Gasteiger partial charge in [0.25, 0.3) is 0 Å². The lowest BCUT2D eigenvalue weighted by Crippen LogP contribution is -2.25. The lowest BCUT2D eigenvalue weighted by molar-refractivity contribution is 0.533. The maximum atomic E-state index is 3.48. The molecule has 0 unspecified atom stereocenters. The van der Waals surface area contributed by atoms with Gasteiger partial charge in [0.05, 0.1) is 0 Å². The van der Waals surface area contributed by atoms with Gasteiger partial charge in [-0.3, -0.25) is 0 Å². The van der Waals surface area contributed by atoms with Crippen LogP contribution in [0.2, 0.25) is 0 Å². The smallest absolute Gasteiger partial charge is 0.0106 e. The molecule has 0 spiro atoms. The molecule has 2 N–H and O–H groups in total. The third-order valence-electron chi connectivity index (χ3n) is 2.55. The lowest BCUT2D eigenvalue weighted by Gasteiger charge is -2.08. The second-order valence-corrected chi connectivity index (χ2v) is 6.03. The van der Waals surface area contributed by atoms with Crippen molar-refractivity contribution in [2.24, 2.45) is 5.92 Å². The van der Waals surface area contributed by atoms with Crippen molar-refractivity contribution in [1.29, 1.82) is 0 Å². The number of nitrogens with one attached hydrogen (secondary N) is 2. The molecular formula is C15H26N2S. The third kappa shape index (κ3) is 8.56. The van der Waals surface area contributed by atoms with Crippen LogP contribution in [0.1, 0.15) is 20.3 Å². The maximum absolute atomic E-state index is 3.48. The van der Waals surface area contributed by atoms with Crippen LogP contribution in [0.5, 0.6) is 0 Å². The summed E-state index contributed by atoms with van der Waals surface area (Å²) in [7, 11) is 0. The Morgan fingerprint density at radius 1 is 1.00 bits per heavy atom. The summed E-state index contributed by atoms with van der Waals surface area (Å²) < 4.78 is 0. The van der Waals surface area contributed by atoms with E-state index in [-0.39, 0.29) is 0 Å². The van der Waals surface area contributed by atoms with E-state index in [2.05, 4.69) is 54.8 Å². The van der Waals surface area contributed by atoms with Gasteiger partial charge in [0.15, 0.2) is 0 Å². The summed E-state index contributed by atoms with van der Waals surface area (Å²) in [5.41, 5.74) is 0. The van der Waals surface area contributed by atoms with Crippen LogP contribution in [0, 0.1) is 5.92 Å². The molecule has 0 saturated carbocycles. The standard InChI is InChI=1S/C15H26N2S/c1-14(2)13-17-10-6-9-16-11-12-18-15-7-4-3-5-8-15/h3-5,7-8,14,16-17H,6,9-13H2,1-2H3. The highest BCUT2D eigenvalue weighted by Gasteiger charge is 1.94. The zero-order valence-electron chi connectivity index (χ0n) is 11.6. The second-order valence-electron chi connectivity index (χ2n) is 4.86. The van der Waals surface area contributed by atoms with E-state index in [1.165, 1.54) is 11.3 Å². The topological polar surface area (TPSA) is 24.1 Å². The molecule has 102 valence electrons. The highest BCUT2D eigenvalue weighted by atomic mass is 32.2. The van der Waals surface area contributed by atoms with E-state index in [9.17, 15) is 0 Å². The predicted molar refractivity (Wildman–Crippen MR) is 82.4 cm³/mol. The van der Waals surface area contributed by atoms with Gasteiger partial charge in [-0.1, -0.05) is 32.0 Å². The van der Waals surface area contributed by atoms with E-state index < -0.39 is 0 Å². The number of benzene rings is 1. The highest BCUT2D eigenvalue weighted by molar-refractivity contribution is 7.99. The van der Waals surface area contributed by atoms with Crippen LogP contribution in [0.4, 0.5) is 0 Å². The molecule has 0 atom stereocenters. The number of rotatable bonds is 10. The molecule has 0 aliphatic carbocycles. The zero-order valence-corrected chi connectivity index (χ0v) is 12.4. The van der Waals surface area contributed by atoms with Crippen molar-refractivity contribution in [2.75, 3.05) is 31.9 Å². The molecule has 0 amide bonds. The minimum Gasteiger partial charge on any atom is -0.316 e. The Hall–Kier alpha value is -0.510. The summed E-state index contributed by atoms with van der Waals surface area (Å²) in [5, 5.41) is 6.94. The molecule has 0 aliphatic heterocycles. The van der Waals surface area contributed by atoms with Gasteiger partial charge in [0.1, 0.15) is 0 Å². The van der Waals surface area contributed by atoms with Crippen LogP contribution >= 0.6 is 11.8 Å². The first-order valence-corrected chi connectivity index (χ1v) is 7.87. The van der Waals surface area contributed by atoms with Gasteiger partial charge in [0.2, 0.25) is 0 Å². The largest absolute Gasteiger partial charge is 0.316 e. The van der Waals surface area contributed by atoms with Crippen molar-refractivity contribution < 1.29 is 0 Å². The van der Waals surface area contributed by atoms with Gasteiger partial charge in [-0.05, 0) is 44.1 Å². The number of hydrogen-bond donors (Lipinski definition) is 2. The molecule has 0 saturated heterocycles. The van der Waals surface area contributed by atoms with Crippen molar-refractivity contribution >= 4 is 11.8 Å². The summed E-state index contributed by atoms with van der Waals surface area (Å²) in [6, 6.07) is 10.6. The Labute approximate surface area is 116 Å². The van der Waals surface area contributed by atoms with E-state index in [4.69, 9.17) is 0 Å². The molecule has 18 heavy (non-hydrogen) atoms. The fraction of sp³-hybridized carbons (Fsp3) is 0.600. The monoisotopic (exact) mass is 266 g/mol. The van der Waals surface area contributed by atoms with E-state index in [0.717, 1.165) is 37.8 Å². The van der Waals surface area contributed by atoms with Crippen LogP contribution in [0.3, 0.4) is 0 Å². The maximum Gasteiger partial charge on any atom is 0.0106 e. The van der Waals surface area contributed by atoms with Gasteiger partial charge in [-0.2, -0.15) is 0 Å². The molecule has 0 bridgehead atoms. The van der Waals surface area contributed by atoms with Crippen molar-refractivity contribution in [3.63, 3.8) is 0 Å². The Kier molecular flexibility index (Phi) is 9.00. The van der Waals surface area contributed by atoms with E-state index in [0.29, 0.717) is 0 Å². The van der Waals surface area contributed by atoms with Gasteiger partial charge in [-0.25, -0.2) is 0 Å². The first-order valence-electron chi connectivity index (χ1n) is 6.88. The van der Waals surface area contributed by atoms with E-state index in [1.807, 2.05) is 11.8 Å². The first-order chi connectivity index (χ1) is 8.79. The molecular weight excluding hydrogens is 240 g/mol. The number of hydrogen-bond acceptors (Lipinski definition) is 3. The van der Waals surface area contributed by atoms with Gasteiger partial charge >= 0.3 is 0 Å². The predicted octanol–water partition coefficient (Wildman–Crippen LogP) is 3.00. The molecule has 0 aliphatic rings. The van der Waals surface area contributed by atoms with Crippen LogP contribution in [0.15, 0.2) is 35.2 Å². The normalized spacial score (nSPS) is 11.1. The molecule has 1 rings (SSSR count). The molecule has 0 heterocycles. The van der Waals surface area contributed by atoms with Crippen LogP contribution in [-0.4, -0.2) is 31.9 Å². The summed E-state index contributed by atoms with van der Waals surface area (Å²) in [6.07, 6.45) is 1.21. The van der Waals surface area contributed by atoms with Crippen LogP contribution in [-0.2, 0) is 0 Å². The Balaban J connectivity index is 1.84. The Morgan fingerprint density at radius 2 is 1.72 bits per heavy atom. The number of thioether (sulfide) groups is 1. The average Bonchev–Trinajstić information content (AvgIpc) is 2.37. The van der Waals surface area contributed by atoms with Crippen molar-refractivity contribution in [3.05, 3.63) is 30.3 Å². The third-order valence-corrected chi connectivity index (χ3v) is 3.56. The van der Waals surface area contributed by atoms with Crippen LogP contribution < -0.4 is 10.6 Å². The van der Waals surface area contributed by atoms with Gasteiger partial charge in [0, 0.05) is 17.2 Å². The minimum absolute atomic E-state index is 0.750. The van der Waals surface area contributed by atoms with Crippen molar-refractivity contribution in [2.45, 2.75) is 25.2 Å². The highest BCUT2D eigenvalue weighted by Crippen LogP contribution is 2.15. The molecule has 2 nitrogen and oxygen atoms in total. The minimum atomic E-state index is 0.750. The molecule has 0 fully saturated rings. The first kappa shape index (κ1) is 15.5. The molecule has 0 radical (unpaired) electrons. The van der Waals surface area contributed by atoms with E-state index >= 15 is 0 Å². The van der Waals surface area contributed by atoms with Gasteiger partial charge in [-0.15, -0.1) is 11.8 Å². The summed E-state index contributed by atoms with van der Waals surface area (Å²) in [5.74, 6) is 1.89. The fourth-order valence-electron chi connectivity index (χ4n) is 1.61. The molecule has 3 heteroatoms. The lowest BCUT2D eigenvalue weighted by atomic mass is 10.2.